The van der Waals surface area contributed by atoms with Gasteiger partial charge in [-0.15, -0.1) is 24.0 Å². The van der Waals surface area contributed by atoms with E-state index >= 15 is 0 Å². The van der Waals surface area contributed by atoms with Gasteiger partial charge in [0.2, 0.25) is 0 Å². The lowest BCUT2D eigenvalue weighted by atomic mass is 10.0. The maximum absolute atomic E-state index is 12.3. The second-order valence-electron chi connectivity index (χ2n) is 7.59. The second-order valence-corrected chi connectivity index (χ2v) is 7.59. The summed E-state index contributed by atoms with van der Waals surface area (Å²) in [6.45, 7) is 12.6. The van der Waals surface area contributed by atoms with Gasteiger partial charge < -0.3 is 25.4 Å². The van der Waals surface area contributed by atoms with Crippen LogP contribution in [0.2, 0.25) is 0 Å². The Morgan fingerprint density at radius 3 is 2.55 bits per heavy atom. The van der Waals surface area contributed by atoms with Crippen molar-refractivity contribution in [2.45, 2.75) is 26.8 Å². The number of nitrogens with one attached hydrogen (secondary N) is 3. The number of amides is 1. The molecule has 1 unspecified atom stereocenters. The zero-order valence-corrected chi connectivity index (χ0v) is 21.5. The van der Waals surface area contributed by atoms with Crippen molar-refractivity contribution in [2.24, 2.45) is 10.9 Å². The monoisotopic (exact) mass is 547 g/mol. The lowest BCUT2D eigenvalue weighted by molar-refractivity contribution is 0.00867. The highest BCUT2D eigenvalue weighted by Crippen LogP contribution is 2.13. The normalized spacial score (nSPS) is 15.7. The van der Waals surface area contributed by atoms with Gasteiger partial charge in [0.05, 0.1) is 26.9 Å². The summed E-state index contributed by atoms with van der Waals surface area (Å²) < 4.78 is 10.6. The molecule has 0 bridgehead atoms. The van der Waals surface area contributed by atoms with Crippen molar-refractivity contribution in [3.63, 3.8) is 0 Å². The first-order valence-electron chi connectivity index (χ1n) is 10.8. The zero-order valence-electron chi connectivity index (χ0n) is 19.1. The van der Waals surface area contributed by atoms with Gasteiger partial charge in [-0.1, -0.05) is 19.9 Å². The Labute approximate surface area is 203 Å². The number of benzene rings is 1. The Hall–Kier alpha value is -1.59. The standard InChI is InChI=1S/C22H37N5O3.HI/c1-5-23-22(26-16-20(17(2)3)27-11-13-30-14-12-27)25-10-9-24-21(28)18-7-6-8-19(15-18)29-4;/h6-8,15,17,20H,5,9-14,16H2,1-4H3,(H,24,28)(H2,23,25,26);1H. The maximum Gasteiger partial charge on any atom is 0.251 e. The number of rotatable bonds is 10. The van der Waals surface area contributed by atoms with Crippen LogP contribution < -0.4 is 20.7 Å². The van der Waals surface area contributed by atoms with E-state index in [-0.39, 0.29) is 29.9 Å². The highest BCUT2D eigenvalue weighted by Gasteiger charge is 2.23. The number of morpholine rings is 1. The first-order chi connectivity index (χ1) is 14.5. The van der Waals surface area contributed by atoms with Crippen LogP contribution in [-0.2, 0) is 4.74 Å². The molecule has 0 aliphatic carbocycles. The molecule has 0 aromatic heterocycles. The van der Waals surface area contributed by atoms with E-state index in [2.05, 4.69) is 34.7 Å². The summed E-state index contributed by atoms with van der Waals surface area (Å²) in [5.41, 5.74) is 0.584. The van der Waals surface area contributed by atoms with Gasteiger partial charge in [0, 0.05) is 44.3 Å². The molecule has 0 saturated carbocycles. The average Bonchev–Trinajstić information content (AvgIpc) is 2.77. The molecule has 1 fully saturated rings. The second kappa shape index (κ2) is 15.3. The molecule has 1 aliphatic heterocycles. The molecular weight excluding hydrogens is 509 g/mol. The third kappa shape index (κ3) is 9.61. The Bertz CT molecular complexity index is 681. The number of aliphatic imine (C=N–C) groups is 1. The van der Waals surface area contributed by atoms with Crippen molar-refractivity contribution in [1.29, 1.82) is 0 Å². The molecule has 1 amide bonds. The molecule has 8 nitrogen and oxygen atoms in total. The predicted octanol–water partition coefficient (Wildman–Crippen LogP) is 1.95. The van der Waals surface area contributed by atoms with Crippen molar-refractivity contribution in [2.75, 3.05) is 59.6 Å². The number of halogens is 1. The van der Waals surface area contributed by atoms with Crippen molar-refractivity contribution < 1.29 is 14.3 Å². The first-order valence-corrected chi connectivity index (χ1v) is 10.8. The van der Waals surface area contributed by atoms with Gasteiger partial charge in [-0.25, -0.2) is 0 Å². The molecule has 176 valence electrons. The van der Waals surface area contributed by atoms with E-state index in [9.17, 15) is 4.79 Å². The third-order valence-corrected chi connectivity index (χ3v) is 5.10. The highest BCUT2D eigenvalue weighted by molar-refractivity contribution is 14.0. The fourth-order valence-electron chi connectivity index (χ4n) is 3.41. The fraction of sp³-hybridized carbons (Fsp3) is 0.636. The van der Waals surface area contributed by atoms with Gasteiger partial charge in [0.1, 0.15) is 5.75 Å². The molecule has 3 N–H and O–H groups in total. The van der Waals surface area contributed by atoms with Gasteiger partial charge in [-0.05, 0) is 31.0 Å². The lowest BCUT2D eigenvalue weighted by Gasteiger charge is -2.36. The third-order valence-electron chi connectivity index (χ3n) is 5.10. The molecule has 0 spiro atoms. The minimum atomic E-state index is -0.121. The molecule has 2 rings (SSSR count). The van der Waals surface area contributed by atoms with E-state index in [0.717, 1.165) is 45.4 Å². The van der Waals surface area contributed by atoms with Gasteiger partial charge in [-0.2, -0.15) is 0 Å². The lowest BCUT2D eigenvalue weighted by Crippen LogP contribution is -2.48. The van der Waals surface area contributed by atoms with Gasteiger partial charge in [0.25, 0.3) is 5.91 Å². The molecule has 1 aromatic rings. The molecule has 1 saturated heterocycles. The quantitative estimate of drug-likeness (QED) is 0.180. The Morgan fingerprint density at radius 2 is 1.90 bits per heavy atom. The minimum absolute atomic E-state index is 0. The summed E-state index contributed by atoms with van der Waals surface area (Å²) in [4.78, 5) is 19.6. The first kappa shape index (κ1) is 27.4. The van der Waals surface area contributed by atoms with Gasteiger partial charge >= 0.3 is 0 Å². The summed E-state index contributed by atoms with van der Waals surface area (Å²) in [6, 6.07) is 7.51. The maximum atomic E-state index is 12.3. The Balaban J connectivity index is 0.00000480. The van der Waals surface area contributed by atoms with Crippen LogP contribution in [0.15, 0.2) is 29.3 Å². The summed E-state index contributed by atoms with van der Waals surface area (Å²) >= 11 is 0. The topological polar surface area (TPSA) is 87.2 Å². The number of carbonyl (C=O) groups is 1. The highest BCUT2D eigenvalue weighted by atomic mass is 127. The van der Waals surface area contributed by atoms with Crippen LogP contribution in [0.25, 0.3) is 0 Å². The smallest absolute Gasteiger partial charge is 0.251 e. The number of ether oxygens (including phenoxy) is 2. The van der Waals surface area contributed by atoms with E-state index in [1.165, 1.54) is 0 Å². The molecular formula is C22H38IN5O3. The van der Waals surface area contributed by atoms with E-state index in [0.29, 0.717) is 36.4 Å². The Morgan fingerprint density at radius 1 is 1.19 bits per heavy atom. The van der Waals surface area contributed by atoms with Crippen molar-refractivity contribution in [3.05, 3.63) is 29.8 Å². The molecule has 31 heavy (non-hydrogen) atoms. The number of guanidine groups is 1. The summed E-state index contributed by atoms with van der Waals surface area (Å²) in [5.74, 6) is 1.83. The van der Waals surface area contributed by atoms with Crippen LogP contribution in [0.4, 0.5) is 0 Å². The number of hydrogen-bond acceptors (Lipinski definition) is 5. The van der Waals surface area contributed by atoms with E-state index < -0.39 is 0 Å². The van der Waals surface area contributed by atoms with Crippen molar-refractivity contribution >= 4 is 35.8 Å². The molecule has 1 aliphatic rings. The molecule has 9 heteroatoms. The fourth-order valence-corrected chi connectivity index (χ4v) is 3.41. The molecule has 1 atom stereocenters. The van der Waals surface area contributed by atoms with E-state index in [1.807, 2.05) is 19.1 Å². The number of hydrogen-bond donors (Lipinski definition) is 3. The van der Waals surface area contributed by atoms with E-state index in [4.69, 9.17) is 14.5 Å². The van der Waals surface area contributed by atoms with Crippen molar-refractivity contribution in [1.82, 2.24) is 20.9 Å². The number of methoxy groups -OCH3 is 1. The molecule has 0 radical (unpaired) electrons. The Kier molecular flexibility index (Phi) is 13.5. The van der Waals surface area contributed by atoms with Crippen LogP contribution in [0, 0.1) is 5.92 Å². The van der Waals surface area contributed by atoms with Crippen molar-refractivity contribution in [3.8, 4) is 5.75 Å². The largest absolute Gasteiger partial charge is 0.497 e. The van der Waals surface area contributed by atoms with Crippen LogP contribution in [0.1, 0.15) is 31.1 Å². The van der Waals surface area contributed by atoms with Gasteiger partial charge in [0.15, 0.2) is 5.96 Å². The van der Waals surface area contributed by atoms with Crippen LogP contribution >= 0.6 is 24.0 Å². The summed E-state index contributed by atoms with van der Waals surface area (Å²) in [6.07, 6.45) is 0. The number of nitrogens with zero attached hydrogens (tertiary/aromatic N) is 2. The zero-order chi connectivity index (χ0) is 21.8. The van der Waals surface area contributed by atoms with Crippen LogP contribution in [0.5, 0.6) is 5.75 Å². The van der Waals surface area contributed by atoms with Crippen LogP contribution in [0.3, 0.4) is 0 Å². The van der Waals surface area contributed by atoms with Gasteiger partial charge in [-0.3, -0.25) is 14.7 Å². The minimum Gasteiger partial charge on any atom is -0.497 e. The summed E-state index contributed by atoms with van der Waals surface area (Å²) in [5, 5.41) is 9.51. The molecule has 1 aromatic carbocycles. The van der Waals surface area contributed by atoms with E-state index in [1.54, 1.807) is 19.2 Å². The summed E-state index contributed by atoms with van der Waals surface area (Å²) in [7, 11) is 1.59. The predicted molar refractivity (Wildman–Crippen MR) is 136 cm³/mol. The SMILES string of the molecule is CCNC(=NCC(C(C)C)N1CCOCC1)NCCNC(=O)c1cccc(OC)c1.I. The molecule has 1 heterocycles. The van der Waals surface area contributed by atoms with Crippen LogP contribution in [-0.4, -0.2) is 82.4 Å². The number of carbonyl (C=O) groups excluding carboxylic acids is 1. The average molecular weight is 547 g/mol.